The van der Waals surface area contributed by atoms with Gasteiger partial charge in [0.25, 0.3) is 5.91 Å². The van der Waals surface area contributed by atoms with Crippen molar-refractivity contribution < 1.29 is 28.1 Å². The number of piperidine rings is 3. The molecule has 0 saturated carbocycles. The fourth-order valence-electron chi connectivity index (χ4n) is 5.98. The van der Waals surface area contributed by atoms with Gasteiger partial charge in [0.1, 0.15) is 29.7 Å². The largest absolute Gasteiger partial charge is 0.457 e. The monoisotopic (exact) mass is 488 g/mol. The molecule has 7 rings (SSSR count). The van der Waals surface area contributed by atoms with E-state index < -0.39 is 5.92 Å². The highest BCUT2D eigenvalue weighted by Crippen LogP contribution is 2.45. The van der Waals surface area contributed by atoms with Crippen LogP contribution in [0.4, 0.5) is 5.82 Å². The molecule has 36 heavy (non-hydrogen) atoms. The van der Waals surface area contributed by atoms with Gasteiger partial charge in [-0.1, -0.05) is 48.5 Å². The number of fused-ring (bicyclic) bond motifs is 5. The molecule has 186 valence electrons. The highest BCUT2D eigenvalue weighted by Gasteiger charge is 2.49. The third kappa shape index (κ3) is 4.15. The van der Waals surface area contributed by atoms with Gasteiger partial charge in [-0.2, -0.15) is 0 Å². The van der Waals surface area contributed by atoms with Gasteiger partial charge in [-0.05, 0) is 12.1 Å². The van der Waals surface area contributed by atoms with E-state index in [-0.39, 0.29) is 18.0 Å². The second-order valence-electron chi connectivity index (χ2n) is 10.1. The number of para-hydroxylation sites is 2. The maximum Gasteiger partial charge on any atom is 0.318 e. The average molecular weight is 489 g/mol. The Morgan fingerprint density at radius 1 is 1.06 bits per heavy atom. The van der Waals surface area contributed by atoms with Crippen molar-refractivity contribution in [1.29, 1.82) is 0 Å². The fourth-order valence-corrected chi connectivity index (χ4v) is 5.98. The number of rotatable bonds is 6. The van der Waals surface area contributed by atoms with Crippen molar-refractivity contribution in [3.63, 3.8) is 0 Å². The minimum Gasteiger partial charge on any atom is -0.457 e. The Bertz CT molecular complexity index is 1250. The van der Waals surface area contributed by atoms with Gasteiger partial charge in [0.15, 0.2) is 18.5 Å². The molecule has 1 atom stereocenters. The zero-order valence-electron chi connectivity index (χ0n) is 20.3. The van der Waals surface area contributed by atoms with Crippen molar-refractivity contribution in [2.45, 2.75) is 38.2 Å². The van der Waals surface area contributed by atoms with E-state index in [1.165, 1.54) is 0 Å². The third-order valence-electron chi connectivity index (χ3n) is 7.88. The standard InChI is InChI=1S/C28H29N3O5/c1-2-19-15-25(30-36-19)29-26(32)17-31-13-11-18(12-14-31)24(16-31)35-28(33)27-20-7-3-5-9-22(20)34-23-10-6-4-8-21(23)27/h3-10,15,18,24,27H,2,11-14,16-17H2,1H3/p+1. The van der Waals surface area contributed by atoms with Crippen LogP contribution in [0.15, 0.2) is 59.1 Å². The molecule has 0 spiro atoms. The predicted molar refractivity (Wildman–Crippen MR) is 132 cm³/mol. The van der Waals surface area contributed by atoms with Crippen LogP contribution >= 0.6 is 0 Å². The summed E-state index contributed by atoms with van der Waals surface area (Å²) in [6.45, 7) is 4.77. The first-order valence-corrected chi connectivity index (χ1v) is 12.7. The number of benzene rings is 2. The molecule has 8 nitrogen and oxygen atoms in total. The van der Waals surface area contributed by atoms with Crippen LogP contribution in [0.25, 0.3) is 0 Å². The van der Waals surface area contributed by atoms with E-state index >= 15 is 0 Å². The van der Waals surface area contributed by atoms with Gasteiger partial charge in [0, 0.05) is 42.4 Å². The normalized spacial score (nSPS) is 24.4. The third-order valence-corrected chi connectivity index (χ3v) is 7.88. The van der Waals surface area contributed by atoms with Crippen LogP contribution in [0.3, 0.4) is 0 Å². The minimum absolute atomic E-state index is 0.0938. The van der Waals surface area contributed by atoms with Crippen molar-refractivity contribution in [3.05, 3.63) is 71.5 Å². The van der Waals surface area contributed by atoms with Crippen LogP contribution in [0.1, 0.15) is 42.6 Å². The Morgan fingerprint density at radius 3 is 2.36 bits per heavy atom. The van der Waals surface area contributed by atoms with E-state index in [0.717, 1.165) is 49.2 Å². The van der Waals surface area contributed by atoms with Crippen LogP contribution in [0, 0.1) is 5.92 Å². The molecule has 2 bridgehead atoms. The van der Waals surface area contributed by atoms with Crippen molar-refractivity contribution in [1.82, 2.24) is 5.16 Å². The summed E-state index contributed by atoms with van der Waals surface area (Å²) in [5, 5.41) is 6.80. The van der Waals surface area contributed by atoms with Crippen LogP contribution in [0.5, 0.6) is 11.5 Å². The number of quaternary nitrogens is 1. The number of hydrogen-bond donors (Lipinski definition) is 1. The Balaban J connectivity index is 1.18. The van der Waals surface area contributed by atoms with Crippen LogP contribution in [0.2, 0.25) is 0 Å². The Morgan fingerprint density at radius 2 is 1.72 bits per heavy atom. The zero-order valence-corrected chi connectivity index (χ0v) is 20.3. The number of hydrogen-bond acceptors (Lipinski definition) is 6. The smallest absolute Gasteiger partial charge is 0.318 e. The van der Waals surface area contributed by atoms with Gasteiger partial charge < -0.3 is 23.8 Å². The maximum atomic E-state index is 13.7. The molecule has 4 aliphatic heterocycles. The SMILES string of the molecule is CCc1cc(NC(=O)C[N+]23CCC(CC2)C(OC(=O)C2c4ccccc4Oc4ccccc42)C3)no1. The molecule has 3 saturated heterocycles. The summed E-state index contributed by atoms with van der Waals surface area (Å²) in [5.74, 6) is 2.00. The van der Waals surface area contributed by atoms with Gasteiger partial charge in [0.2, 0.25) is 0 Å². The van der Waals surface area contributed by atoms with Crippen molar-refractivity contribution in [2.24, 2.45) is 5.92 Å². The Labute approximate surface area is 209 Å². The molecule has 1 unspecified atom stereocenters. The number of nitrogens with zero attached hydrogens (tertiary/aromatic N) is 2. The first kappa shape index (κ1) is 22.8. The predicted octanol–water partition coefficient (Wildman–Crippen LogP) is 4.27. The number of carbonyl (C=O) groups is 2. The van der Waals surface area contributed by atoms with Crippen molar-refractivity contribution in [2.75, 3.05) is 31.5 Å². The van der Waals surface area contributed by atoms with Gasteiger partial charge in [-0.25, -0.2) is 0 Å². The summed E-state index contributed by atoms with van der Waals surface area (Å²) >= 11 is 0. The van der Waals surface area contributed by atoms with E-state index in [9.17, 15) is 9.59 Å². The van der Waals surface area contributed by atoms with E-state index in [1.807, 2.05) is 55.5 Å². The molecule has 1 amide bonds. The molecule has 1 aromatic heterocycles. The second kappa shape index (κ2) is 9.09. The maximum absolute atomic E-state index is 13.7. The summed E-state index contributed by atoms with van der Waals surface area (Å²) in [7, 11) is 0. The number of esters is 1. The first-order chi connectivity index (χ1) is 17.5. The van der Waals surface area contributed by atoms with E-state index in [2.05, 4.69) is 10.5 Å². The van der Waals surface area contributed by atoms with Gasteiger partial charge in [0.05, 0.1) is 13.1 Å². The minimum atomic E-state index is -0.529. The van der Waals surface area contributed by atoms with E-state index in [4.69, 9.17) is 14.0 Å². The first-order valence-electron chi connectivity index (χ1n) is 12.7. The highest BCUT2D eigenvalue weighted by molar-refractivity contribution is 5.90. The lowest BCUT2D eigenvalue weighted by Crippen LogP contribution is -2.66. The van der Waals surface area contributed by atoms with Crippen LogP contribution in [-0.2, 0) is 20.7 Å². The zero-order chi connectivity index (χ0) is 24.7. The lowest BCUT2D eigenvalue weighted by molar-refractivity contribution is -0.938. The van der Waals surface area contributed by atoms with Gasteiger partial charge in [-0.3, -0.25) is 9.59 Å². The lowest BCUT2D eigenvalue weighted by Gasteiger charge is -2.51. The van der Waals surface area contributed by atoms with E-state index in [0.29, 0.717) is 40.8 Å². The molecule has 3 fully saturated rings. The highest BCUT2D eigenvalue weighted by atomic mass is 16.5. The molecular formula is C28H30N3O5+. The molecule has 1 N–H and O–H groups in total. The van der Waals surface area contributed by atoms with Crippen LogP contribution < -0.4 is 10.1 Å². The number of anilines is 1. The summed E-state index contributed by atoms with van der Waals surface area (Å²) in [6, 6.07) is 17.0. The van der Waals surface area contributed by atoms with Gasteiger partial charge in [-0.15, -0.1) is 0 Å². The summed E-state index contributed by atoms with van der Waals surface area (Å²) in [4.78, 5) is 26.6. The van der Waals surface area contributed by atoms with Crippen LogP contribution in [-0.4, -0.2) is 53.8 Å². The lowest BCUT2D eigenvalue weighted by atomic mass is 9.82. The van der Waals surface area contributed by atoms with Crippen molar-refractivity contribution >= 4 is 17.7 Å². The summed E-state index contributed by atoms with van der Waals surface area (Å²) in [5.41, 5.74) is 1.65. The number of carbonyl (C=O) groups excluding carboxylic acids is 2. The Kier molecular flexibility index (Phi) is 5.76. The summed E-state index contributed by atoms with van der Waals surface area (Å²) < 4.78 is 18.1. The number of amides is 1. The molecule has 5 heterocycles. The van der Waals surface area contributed by atoms with Gasteiger partial charge >= 0.3 is 5.97 Å². The molecule has 3 aromatic rings. The summed E-state index contributed by atoms with van der Waals surface area (Å²) in [6.07, 6.45) is 2.39. The Hall–Kier alpha value is -3.65. The van der Waals surface area contributed by atoms with E-state index in [1.54, 1.807) is 6.07 Å². The molecule has 0 radical (unpaired) electrons. The molecule has 8 heteroatoms. The molecular weight excluding hydrogens is 458 g/mol. The second-order valence-corrected chi connectivity index (χ2v) is 10.1. The number of aryl methyl sites for hydroxylation is 1. The average Bonchev–Trinajstić information content (AvgIpc) is 3.34. The molecule has 0 aliphatic carbocycles. The molecule has 4 aliphatic rings. The molecule has 2 aromatic carbocycles. The number of aromatic nitrogens is 1. The number of ether oxygens (including phenoxy) is 2. The fraction of sp³-hybridized carbons (Fsp3) is 0.393. The quantitative estimate of drug-likeness (QED) is 0.412. The number of nitrogens with one attached hydrogen (secondary N) is 1. The van der Waals surface area contributed by atoms with Crippen molar-refractivity contribution in [3.8, 4) is 11.5 Å². The topological polar surface area (TPSA) is 90.7 Å².